The third-order valence-corrected chi connectivity index (χ3v) is 3.19. The maximum absolute atomic E-state index is 12.5. The van der Waals surface area contributed by atoms with Crippen LogP contribution in [0.5, 0.6) is 0 Å². The molecule has 0 fully saturated rings. The van der Waals surface area contributed by atoms with Crippen LogP contribution in [-0.4, -0.2) is 34.1 Å². The molecule has 0 saturated carbocycles. The number of aromatic amines is 1. The van der Waals surface area contributed by atoms with Crippen LogP contribution in [0.15, 0.2) is 0 Å². The second-order valence-corrected chi connectivity index (χ2v) is 4.81. The monoisotopic (exact) mass is 251 g/mol. The predicted octanol–water partition coefficient (Wildman–Crippen LogP) is 3.07. The van der Waals surface area contributed by atoms with E-state index >= 15 is 0 Å². The summed E-state index contributed by atoms with van der Waals surface area (Å²) < 4.78 is 0. The maximum Gasteiger partial charge on any atom is 0.257 e. The summed E-state index contributed by atoms with van der Waals surface area (Å²) >= 11 is 0. The molecule has 1 aromatic rings. The number of aromatic nitrogens is 2. The van der Waals surface area contributed by atoms with Gasteiger partial charge < -0.3 is 4.90 Å². The van der Waals surface area contributed by atoms with Gasteiger partial charge in [0.1, 0.15) is 0 Å². The number of unbranched alkanes of at least 4 members (excludes halogenated alkanes) is 2. The van der Waals surface area contributed by atoms with Crippen LogP contribution < -0.4 is 0 Å². The molecule has 0 aromatic carbocycles. The van der Waals surface area contributed by atoms with Gasteiger partial charge in [-0.15, -0.1) is 0 Å². The lowest BCUT2D eigenvalue weighted by Crippen LogP contribution is -2.33. The van der Waals surface area contributed by atoms with E-state index in [1.54, 1.807) is 0 Å². The molecular formula is C14H25N3O. The summed E-state index contributed by atoms with van der Waals surface area (Å²) in [6.07, 6.45) is 4.34. The van der Waals surface area contributed by atoms with Crippen molar-refractivity contribution in [3.63, 3.8) is 0 Å². The average molecular weight is 251 g/mol. The number of aryl methyl sites for hydroxylation is 2. The second-order valence-electron chi connectivity index (χ2n) is 4.81. The van der Waals surface area contributed by atoms with Crippen molar-refractivity contribution in [3.8, 4) is 0 Å². The first-order valence-electron chi connectivity index (χ1n) is 6.92. The SMILES string of the molecule is CCCCN(CCCC)C(=O)c1c(C)n[nH]c1C. The molecule has 4 heteroatoms. The fourth-order valence-corrected chi connectivity index (χ4v) is 2.04. The Morgan fingerprint density at radius 1 is 1.17 bits per heavy atom. The van der Waals surface area contributed by atoms with Crippen LogP contribution in [0.2, 0.25) is 0 Å². The number of nitrogens with zero attached hydrogens (tertiary/aromatic N) is 2. The fourth-order valence-electron chi connectivity index (χ4n) is 2.04. The van der Waals surface area contributed by atoms with Crippen molar-refractivity contribution in [1.29, 1.82) is 0 Å². The first-order valence-corrected chi connectivity index (χ1v) is 6.92. The van der Waals surface area contributed by atoms with E-state index in [2.05, 4.69) is 24.0 Å². The van der Waals surface area contributed by atoms with Crippen molar-refractivity contribution >= 4 is 5.91 Å². The molecule has 0 aliphatic rings. The molecule has 1 N–H and O–H groups in total. The Balaban J connectivity index is 2.80. The highest BCUT2D eigenvalue weighted by Gasteiger charge is 2.20. The third-order valence-electron chi connectivity index (χ3n) is 3.19. The summed E-state index contributed by atoms with van der Waals surface area (Å²) in [7, 11) is 0. The highest BCUT2D eigenvalue weighted by Crippen LogP contribution is 2.14. The van der Waals surface area contributed by atoms with Crippen molar-refractivity contribution < 1.29 is 4.79 Å². The van der Waals surface area contributed by atoms with Crippen molar-refractivity contribution in [2.45, 2.75) is 53.4 Å². The van der Waals surface area contributed by atoms with Gasteiger partial charge in [-0.1, -0.05) is 26.7 Å². The van der Waals surface area contributed by atoms with E-state index in [-0.39, 0.29) is 5.91 Å². The van der Waals surface area contributed by atoms with Crippen LogP contribution in [0, 0.1) is 13.8 Å². The van der Waals surface area contributed by atoms with Crippen LogP contribution in [0.4, 0.5) is 0 Å². The van der Waals surface area contributed by atoms with E-state index in [0.29, 0.717) is 0 Å². The third kappa shape index (κ3) is 3.59. The quantitative estimate of drug-likeness (QED) is 0.809. The van der Waals surface area contributed by atoms with Gasteiger partial charge in [-0.2, -0.15) is 5.10 Å². The zero-order chi connectivity index (χ0) is 13.5. The van der Waals surface area contributed by atoms with Gasteiger partial charge in [0.05, 0.1) is 11.3 Å². The lowest BCUT2D eigenvalue weighted by atomic mass is 10.1. The Morgan fingerprint density at radius 3 is 2.11 bits per heavy atom. The van der Waals surface area contributed by atoms with E-state index in [9.17, 15) is 4.79 Å². The molecule has 0 aliphatic heterocycles. The summed E-state index contributed by atoms with van der Waals surface area (Å²) in [5.74, 6) is 0.126. The number of rotatable bonds is 7. The molecule has 102 valence electrons. The predicted molar refractivity (Wildman–Crippen MR) is 73.8 cm³/mol. The van der Waals surface area contributed by atoms with Crippen LogP contribution in [0.1, 0.15) is 61.3 Å². The van der Waals surface area contributed by atoms with Gasteiger partial charge in [-0.25, -0.2) is 0 Å². The standard InChI is InChI=1S/C14H25N3O/c1-5-7-9-17(10-8-6-2)14(18)13-11(3)15-16-12(13)4/h5-10H2,1-4H3,(H,15,16). The summed E-state index contributed by atoms with van der Waals surface area (Å²) in [4.78, 5) is 14.5. The lowest BCUT2D eigenvalue weighted by Gasteiger charge is -2.22. The summed E-state index contributed by atoms with van der Waals surface area (Å²) in [6, 6.07) is 0. The number of hydrogen-bond donors (Lipinski definition) is 1. The van der Waals surface area contributed by atoms with E-state index in [1.165, 1.54) is 0 Å². The van der Waals surface area contributed by atoms with Crippen molar-refractivity contribution in [3.05, 3.63) is 17.0 Å². The summed E-state index contributed by atoms with van der Waals surface area (Å²) in [6.45, 7) is 9.78. The van der Waals surface area contributed by atoms with Gasteiger partial charge in [0, 0.05) is 18.8 Å². The van der Waals surface area contributed by atoms with Gasteiger partial charge >= 0.3 is 0 Å². The molecule has 0 spiro atoms. The molecule has 0 atom stereocenters. The van der Waals surface area contributed by atoms with Gasteiger partial charge in [-0.05, 0) is 26.7 Å². The van der Waals surface area contributed by atoms with E-state index < -0.39 is 0 Å². The number of carbonyl (C=O) groups excluding carboxylic acids is 1. The van der Waals surface area contributed by atoms with Gasteiger partial charge in [0.2, 0.25) is 0 Å². The van der Waals surface area contributed by atoms with Crippen LogP contribution in [-0.2, 0) is 0 Å². The summed E-state index contributed by atoms with van der Waals surface area (Å²) in [5, 5.41) is 7.00. The smallest absolute Gasteiger partial charge is 0.257 e. The topological polar surface area (TPSA) is 49.0 Å². The van der Waals surface area contributed by atoms with Crippen molar-refractivity contribution in [2.75, 3.05) is 13.1 Å². The van der Waals surface area contributed by atoms with Crippen molar-refractivity contribution in [2.24, 2.45) is 0 Å². The Hall–Kier alpha value is -1.32. The molecule has 0 bridgehead atoms. The highest BCUT2D eigenvalue weighted by molar-refractivity contribution is 5.96. The molecule has 1 rings (SSSR count). The molecule has 0 radical (unpaired) electrons. The minimum absolute atomic E-state index is 0.126. The first kappa shape index (κ1) is 14.7. The minimum atomic E-state index is 0.126. The van der Waals surface area contributed by atoms with Crippen LogP contribution in [0.3, 0.4) is 0 Å². The first-order chi connectivity index (χ1) is 8.61. The molecule has 1 heterocycles. The molecule has 18 heavy (non-hydrogen) atoms. The Kier molecular flexibility index (Phi) is 5.89. The van der Waals surface area contributed by atoms with E-state index in [0.717, 1.165) is 55.7 Å². The Bertz CT molecular complexity index is 357. The van der Waals surface area contributed by atoms with Crippen LogP contribution >= 0.6 is 0 Å². The molecule has 0 aliphatic carbocycles. The lowest BCUT2D eigenvalue weighted by molar-refractivity contribution is 0.0749. The molecule has 1 aromatic heterocycles. The molecule has 4 nitrogen and oxygen atoms in total. The van der Waals surface area contributed by atoms with E-state index in [1.807, 2.05) is 18.7 Å². The van der Waals surface area contributed by atoms with Crippen LogP contribution in [0.25, 0.3) is 0 Å². The maximum atomic E-state index is 12.5. The average Bonchev–Trinajstić information content (AvgIpc) is 2.68. The molecule has 1 amide bonds. The molecule has 0 unspecified atom stereocenters. The Labute approximate surface area is 110 Å². The van der Waals surface area contributed by atoms with Gasteiger partial charge in [-0.3, -0.25) is 9.89 Å². The molecule has 0 saturated heterocycles. The summed E-state index contributed by atoms with van der Waals surface area (Å²) in [5.41, 5.74) is 2.42. The van der Waals surface area contributed by atoms with Crippen molar-refractivity contribution in [1.82, 2.24) is 15.1 Å². The van der Waals surface area contributed by atoms with E-state index in [4.69, 9.17) is 0 Å². The van der Waals surface area contributed by atoms with Gasteiger partial charge in [0.15, 0.2) is 0 Å². The largest absolute Gasteiger partial charge is 0.339 e. The number of nitrogens with one attached hydrogen (secondary N) is 1. The van der Waals surface area contributed by atoms with Gasteiger partial charge in [0.25, 0.3) is 5.91 Å². The zero-order valence-corrected chi connectivity index (χ0v) is 12.0. The fraction of sp³-hybridized carbons (Fsp3) is 0.714. The normalized spacial score (nSPS) is 10.7. The number of hydrogen-bond acceptors (Lipinski definition) is 2. The number of amides is 1. The Morgan fingerprint density at radius 2 is 1.72 bits per heavy atom. The number of carbonyl (C=O) groups is 1. The number of H-pyrrole nitrogens is 1. The minimum Gasteiger partial charge on any atom is -0.339 e. The zero-order valence-electron chi connectivity index (χ0n) is 12.0. The second kappa shape index (κ2) is 7.19. The molecular weight excluding hydrogens is 226 g/mol. The highest BCUT2D eigenvalue weighted by atomic mass is 16.2.